The summed E-state index contributed by atoms with van der Waals surface area (Å²) in [4.78, 5) is 28.7. The van der Waals surface area contributed by atoms with Crippen molar-refractivity contribution in [2.45, 2.75) is 13.5 Å². The number of carbonyl (C=O) groups is 1. The third-order valence-corrected chi connectivity index (χ3v) is 4.29. The summed E-state index contributed by atoms with van der Waals surface area (Å²) in [6.07, 6.45) is 1.36. The molecule has 0 aliphatic heterocycles. The molecule has 0 saturated heterocycles. The van der Waals surface area contributed by atoms with Gasteiger partial charge in [0.2, 0.25) is 5.91 Å². The lowest BCUT2D eigenvalue weighted by Gasteiger charge is -2.09. The van der Waals surface area contributed by atoms with Gasteiger partial charge in [-0.05, 0) is 25.1 Å². The average molecular weight is 388 g/mol. The zero-order valence-corrected chi connectivity index (χ0v) is 15.4. The minimum Gasteiger partial charge on any atom is -0.323 e. The fourth-order valence-corrected chi connectivity index (χ4v) is 2.82. The molecule has 1 amide bonds. The lowest BCUT2D eigenvalue weighted by molar-refractivity contribution is -0.116. The van der Waals surface area contributed by atoms with Crippen molar-refractivity contribution in [2.24, 2.45) is 0 Å². The van der Waals surface area contributed by atoms with Gasteiger partial charge >= 0.3 is 0 Å². The fourth-order valence-electron chi connectivity index (χ4n) is 2.36. The van der Waals surface area contributed by atoms with Gasteiger partial charge in [-0.25, -0.2) is 4.98 Å². The Hall–Kier alpha value is -2.63. The van der Waals surface area contributed by atoms with E-state index in [-0.39, 0.29) is 18.0 Å². The molecular weight excluding hydrogens is 373 g/mol. The highest BCUT2D eigenvalue weighted by Crippen LogP contribution is 2.25. The summed E-state index contributed by atoms with van der Waals surface area (Å²) in [6, 6.07) is 13.9. The second-order valence-corrected chi connectivity index (χ2v) is 6.62. The van der Waals surface area contributed by atoms with Crippen molar-refractivity contribution in [2.75, 3.05) is 5.32 Å². The smallest absolute Gasteiger partial charge is 0.254 e. The second kappa shape index (κ2) is 7.72. The van der Waals surface area contributed by atoms with Gasteiger partial charge in [0.25, 0.3) is 5.56 Å². The topological polar surface area (TPSA) is 64.0 Å². The molecule has 3 aromatic rings. The van der Waals surface area contributed by atoms with Gasteiger partial charge in [-0.1, -0.05) is 53.0 Å². The Morgan fingerprint density at radius 2 is 1.85 bits per heavy atom. The van der Waals surface area contributed by atoms with Crippen LogP contribution in [0, 0.1) is 6.92 Å². The number of benzene rings is 2. The molecule has 1 heterocycles. The minimum absolute atomic E-state index is 0.168. The van der Waals surface area contributed by atoms with Gasteiger partial charge in [-0.15, -0.1) is 0 Å². The summed E-state index contributed by atoms with van der Waals surface area (Å²) in [5, 5.41) is 3.45. The van der Waals surface area contributed by atoms with Crippen LogP contribution in [0.15, 0.2) is 59.7 Å². The first-order chi connectivity index (χ1) is 12.4. The number of hydrogen-bond acceptors (Lipinski definition) is 3. The Kier molecular flexibility index (Phi) is 5.40. The first-order valence-corrected chi connectivity index (χ1v) is 8.56. The normalized spacial score (nSPS) is 10.6. The van der Waals surface area contributed by atoms with E-state index in [1.807, 2.05) is 31.2 Å². The Morgan fingerprint density at radius 3 is 2.50 bits per heavy atom. The first-order valence-electron chi connectivity index (χ1n) is 7.81. The summed E-state index contributed by atoms with van der Waals surface area (Å²) < 4.78 is 1.23. The molecule has 0 aliphatic carbocycles. The molecule has 7 heteroatoms. The standard InChI is InChI=1S/C19H15Cl2N3O2/c1-12-2-4-13(5-3-12)17-9-19(26)24(11-22-17)10-18(25)23-16-7-6-14(20)8-15(16)21/h2-9,11H,10H2,1H3,(H,23,25). The van der Waals surface area contributed by atoms with Crippen molar-refractivity contribution in [3.8, 4) is 11.3 Å². The number of halogens is 2. The van der Waals surface area contributed by atoms with E-state index < -0.39 is 0 Å². The highest BCUT2D eigenvalue weighted by molar-refractivity contribution is 6.36. The molecule has 3 rings (SSSR count). The third-order valence-electron chi connectivity index (χ3n) is 3.75. The van der Waals surface area contributed by atoms with Crippen molar-refractivity contribution >= 4 is 34.8 Å². The number of nitrogens with one attached hydrogen (secondary N) is 1. The monoisotopic (exact) mass is 387 g/mol. The van der Waals surface area contributed by atoms with Gasteiger partial charge in [0, 0.05) is 16.7 Å². The molecule has 1 aromatic heterocycles. The Labute approximate surface area is 160 Å². The van der Waals surface area contributed by atoms with Crippen LogP contribution in [-0.2, 0) is 11.3 Å². The summed E-state index contributed by atoms with van der Waals surface area (Å²) in [5.41, 5.74) is 2.65. The predicted octanol–water partition coefficient (Wildman–Crippen LogP) is 4.16. The second-order valence-electron chi connectivity index (χ2n) is 5.78. The first kappa shape index (κ1) is 18.2. The van der Waals surface area contributed by atoms with E-state index in [0.717, 1.165) is 11.1 Å². The molecule has 0 fully saturated rings. The molecule has 0 spiro atoms. The molecule has 26 heavy (non-hydrogen) atoms. The zero-order chi connectivity index (χ0) is 18.7. The molecule has 5 nitrogen and oxygen atoms in total. The average Bonchev–Trinajstić information content (AvgIpc) is 2.60. The van der Waals surface area contributed by atoms with Crippen LogP contribution in [0.25, 0.3) is 11.3 Å². The fraction of sp³-hybridized carbons (Fsp3) is 0.105. The molecule has 0 saturated carbocycles. The summed E-state index contributed by atoms with van der Waals surface area (Å²) in [6.45, 7) is 1.82. The molecule has 0 atom stereocenters. The quantitative estimate of drug-likeness (QED) is 0.730. The van der Waals surface area contributed by atoms with Crippen molar-refractivity contribution < 1.29 is 4.79 Å². The predicted molar refractivity (Wildman–Crippen MR) is 104 cm³/mol. The van der Waals surface area contributed by atoms with Crippen LogP contribution < -0.4 is 10.9 Å². The van der Waals surface area contributed by atoms with Gasteiger partial charge < -0.3 is 5.32 Å². The Bertz CT molecular complexity index is 1010. The van der Waals surface area contributed by atoms with E-state index in [2.05, 4.69) is 10.3 Å². The lowest BCUT2D eigenvalue weighted by Crippen LogP contribution is -2.27. The van der Waals surface area contributed by atoms with Crippen molar-refractivity contribution in [3.05, 3.63) is 80.8 Å². The van der Waals surface area contributed by atoms with Gasteiger partial charge in [-0.3, -0.25) is 14.2 Å². The summed E-state index contributed by atoms with van der Waals surface area (Å²) in [7, 11) is 0. The molecule has 132 valence electrons. The number of aryl methyl sites for hydroxylation is 1. The SMILES string of the molecule is Cc1ccc(-c2cc(=O)n(CC(=O)Nc3ccc(Cl)cc3Cl)cn2)cc1. The van der Waals surface area contributed by atoms with E-state index in [9.17, 15) is 9.59 Å². The van der Waals surface area contributed by atoms with E-state index in [1.54, 1.807) is 12.1 Å². The van der Waals surface area contributed by atoms with Crippen LogP contribution in [-0.4, -0.2) is 15.5 Å². The van der Waals surface area contributed by atoms with Gasteiger partial charge in [-0.2, -0.15) is 0 Å². The van der Waals surface area contributed by atoms with E-state index in [0.29, 0.717) is 21.4 Å². The van der Waals surface area contributed by atoms with Gasteiger partial charge in [0.15, 0.2) is 0 Å². The molecule has 0 aliphatic rings. The number of carbonyl (C=O) groups excluding carboxylic acids is 1. The van der Waals surface area contributed by atoms with Crippen molar-refractivity contribution in [1.82, 2.24) is 9.55 Å². The Balaban J connectivity index is 1.74. The van der Waals surface area contributed by atoms with Crippen LogP contribution in [0.1, 0.15) is 5.56 Å². The molecule has 0 bridgehead atoms. The number of rotatable bonds is 4. The number of aromatic nitrogens is 2. The van der Waals surface area contributed by atoms with E-state index >= 15 is 0 Å². The molecule has 2 aromatic carbocycles. The van der Waals surface area contributed by atoms with Crippen molar-refractivity contribution in [3.63, 3.8) is 0 Å². The largest absolute Gasteiger partial charge is 0.323 e. The summed E-state index contributed by atoms with van der Waals surface area (Å²) in [5.74, 6) is -0.388. The van der Waals surface area contributed by atoms with Crippen LogP contribution in [0.3, 0.4) is 0 Å². The molecule has 1 N–H and O–H groups in total. The molecule has 0 unspecified atom stereocenters. The maximum Gasteiger partial charge on any atom is 0.254 e. The molecule has 0 radical (unpaired) electrons. The highest BCUT2D eigenvalue weighted by atomic mass is 35.5. The highest BCUT2D eigenvalue weighted by Gasteiger charge is 2.09. The van der Waals surface area contributed by atoms with Gasteiger partial charge in [0.1, 0.15) is 6.54 Å². The van der Waals surface area contributed by atoms with Crippen LogP contribution in [0.2, 0.25) is 10.0 Å². The minimum atomic E-state index is -0.388. The number of hydrogen-bond donors (Lipinski definition) is 1. The maximum absolute atomic E-state index is 12.3. The van der Waals surface area contributed by atoms with Crippen LogP contribution in [0.4, 0.5) is 5.69 Å². The lowest BCUT2D eigenvalue weighted by atomic mass is 10.1. The summed E-state index contributed by atoms with van der Waals surface area (Å²) >= 11 is 11.9. The van der Waals surface area contributed by atoms with Crippen LogP contribution >= 0.6 is 23.2 Å². The molecular formula is C19H15Cl2N3O2. The van der Waals surface area contributed by atoms with Gasteiger partial charge in [0.05, 0.1) is 22.7 Å². The Morgan fingerprint density at radius 1 is 1.12 bits per heavy atom. The number of anilines is 1. The van der Waals surface area contributed by atoms with Crippen LogP contribution in [0.5, 0.6) is 0 Å². The van der Waals surface area contributed by atoms with E-state index in [4.69, 9.17) is 23.2 Å². The number of nitrogens with zero attached hydrogens (tertiary/aromatic N) is 2. The maximum atomic E-state index is 12.3. The zero-order valence-electron chi connectivity index (χ0n) is 13.9. The third kappa shape index (κ3) is 4.31. The van der Waals surface area contributed by atoms with Crippen molar-refractivity contribution in [1.29, 1.82) is 0 Å². The van der Waals surface area contributed by atoms with E-state index in [1.165, 1.54) is 23.0 Å². The number of amides is 1.